The molecule has 1 atom stereocenters. The first-order chi connectivity index (χ1) is 11.4. The third-order valence-corrected chi connectivity index (χ3v) is 5.08. The Labute approximate surface area is 144 Å². The number of nitrogens with one attached hydrogen (secondary N) is 1. The molecule has 132 valence electrons. The van der Waals surface area contributed by atoms with Gasteiger partial charge < -0.3 is 19.7 Å². The van der Waals surface area contributed by atoms with Crippen LogP contribution in [0.1, 0.15) is 44.7 Å². The molecule has 5 nitrogen and oxygen atoms in total. The highest BCUT2D eigenvalue weighted by Crippen LogP contribution is 2.41. The fourth-order valence-corrected chi connectivity index (χ4v) is 3.65. The van der Waals surface area contributed by atoms with E-state index in [-0.39, 0.29) is 23.5 Å². The number of piperidine rings is 1. The van der Waals surface area contributed by atoms with E-state index in [2.05, 4.69) is 31.1 Å². The number of rotatable bonds is 3. The molecule has 0 saturated carbocycles. The summed E-state index contributed by atoms with van der Waals surface area (Å²) in [6, 6.07) is 5.77. The zero-order valence-corrected chi connectivity index (χ0v) is 15.1. The summed E-state index contributed by atoms with van der Waals surface area (Å²) in [6.07, 6.45) is 2.62. The minimum atomic E-state index is -0.299. The van der Waals surface area contributed by atoms with E-state index >= 15 is 0 Å². The average molecular weight is 332 g/mol. The maximum Gasteiger partial charge on any atom is 0.223 e. The van der Waals surface area contributed by atoms with E-state index in [1.807, 2.05) is 18.2 Å². The Kier molecular flexibility index (Phi) is 4.72. The summed E-state index contributed by atoms with van der Waals surface area (Å²) in [7, 11) is 3.76. The van der Waals surface area contributed by atoms with Crippen LogP contribution in [-0.4, -0.2) is 43.7 Å². The molecule has 2 aliphatic rings. The fourth-order valence-electron chi connectivity index (χ4n) is 3.65. The van der Waals surface area contributed by atoms with Crippen molar-refractivity contribution >= 4 is 5.91 Å². The second-order valence-corrected chi connectivity index (χ2v) is 7.61. The van der Waals surface area contributed by atoms with Crippen molar-refractivity contribution in [2.45, 2.75) is 44.8 Å². The number of benzene rings is 1. The van der Waals surface area contributed by atoms with Crippen molar-refractivity contribution < 1.29 is 14.3 Å². The third-order valence-electron chi connectivity index (χ3n) is 5.08. The number of carbonyl (C=O) groups is 1. The van der Waals surface area contributed by atoms with Crippen LogP contribution in [0.25, 0.3) is 0 Å². The third kappa shape index (κ3) is 3.66. The van der Waals surface area contributed by atoms with Gasteiger partial charge in [-0.2, -0.15) is 0 Å². The predicted molar refractivity (Wildman–Crippen MR) is 93.4 cm³/mol. The molecule has 0 aliphatic carbocycles. The van der Waals surface area contributed by atoms with Gasteiger partial charge in [0, 0.05) is 17.9 Å². The van der Waals surface area contributed by atoms with Crippen molar-refractivity contribution in [3.8, 4) is 11.5 Å². The molecule has 2 heterocycles. The van der Waals surface area contributed by atoms with E-state index in [4.69, 9.17) is 9.47 Å². The Hall–Kier alpha value is -1.75. The zero-order valence-electron chi connectivity index (χ0n) is 15.1. The summed E-state index contributed by atoms with van der Waals surface area (Å²) in [4.78, 5) is 15.0. The molecule has 1 fully saturated rings. The van der Waals surface area contributed by atoms with Crippen molar-refractivity contribution in [2.75, 3.05) is 27.2 Å². The molecular weight excluding hydrogens is 304 g/mol. The molecule has 0 aromatic heterocycles. The molecule has 2 aliphatic heterocycles. The van der Waals surface area contributed by atoms with Gasteiger partial charge in [-0.1, -0.05) is 0 Å². The van der Waals surface area contributed by atoms with Crippen LogP contribution in [0.3, 0.4) is 0 Å². The van der Waals surface area contributed by atoms with Gasteiger partial charge in [0.1, 0.15) is 17.1 Å². The lowest BCUT2D eigenvalue weighted by Gasteiger charge is -2.39. The van der Waals surface area contributed by atoms with Crippen LogP contribution in [0.4, 0.5) is 0 Å². The maximum absolute atomic E-state index is 12.7. The van der Waals surface area contributed by atoms with Crippen molar-refractivity contribution in [1.29, 1.82) is 0 Å². The lowest BCUT2D eigenvalue weighted by atomic mass is 9.88. The molecule has 1 N–H and O–H groups in total. The Morgan fingerprint density at radius 3 is 2.71 bits per heavy atom. The molecule has 0 radical (unpaired) electrons. The molecule has 1 amide bonds. The summed E-state index contributed by atoms with van der Waals surface area (Å²) >= 11 is 0. The van der Waals surface area contributed by atoms with Crippen molar-refractivity contribution in [1.82, 2.24) is 10.2 Å². The number of hydrogen-bond donors (Lipinski definition) is 1. The quantitative estimate of drug-likeness (QED) is 0.925. The number of methoxy groups -OCH3 is 1. The molecule has 0 unspecified atom stereocenters. The summed E-state index contributed by atoms with van der Waals surface area (Å²) in [6.45, 7) is 6.10. The van der Waals surface area contributed by atoms with Crippen LogP contribution >= 0.6 is 0 Å². The molecular formula is C19H28N2O3. The van der Waals surface area contributed by atoms with Crippen molar-refractivity contribution in [3.63, 3.8) is 0 Å². The molecule has 5 heteroatoms. The largest absolute Gasteiger partial charge is 0.497 e. The maximum atomic E-state index is 12.7. The molecule has 1 aromatic carbocycles. The highest BCUT2D eigenvalue weighted by atomic mass is 16.5. The van der Waals surface area contributed by atoms with Crippen LogP contribution < -0.4 is 14.8 Å². The first kappa shape index (κ1) is 17.1. The van der Waals surface area contributed by atoms with Gasteiger partial charge in [0.2, 0.25) is 5.91 Å². The van der Waals surface area contributed by atoms with E-state index in [0.717, 1.165) is 49.4 Å². The normalized spacial score (nSPS) is 23.9. The van der Waals surface area contributed by atoms with Gasteiger partial charge in [0.25, 0.3) is 0 Å². The van der Waals surface area contributed by atoms with Crippen LogP contribution in [0, 0.1) is 5.92 Å². The standard InChI is InChI=1S/C19H28N2O3/c1-19(2)12-16(15-11-14(23-4)5-6-17(15)24-19)20-18(22)13-7-9-21(3)10-8-13/h5-6,11,13,16H,7-10,12H2,1-4H3,(H,20,22)/t16-/m0/s1. The number of fused-ring (bicyclic) bond motifs is 1. The minimum absolute atomic E-state index is 0.0361. The Bertz CT molecular complexity index is 607. The summed E-state index contributed by atoms with van der Waals surface area (Å²) in [5.41, 5.74) is 0.710. The molecule has 1 saturated heterocycles. The average Bonchev–Trinajstić information content (AvgIpc) is 2.54. The second-order valence-electron chi connectivity index (χ2n) is 7.61. The van der Waals surface area contributed by atoms with Gasteiger partial charge in [-0.25, -0.2) is 0 Å². The Balaban J connectivity index is 1.78. The van der Waals surface area contributed by atoms with E-state index in [9.17, 15) is 4.79 Å². The van der Waals surface area contributed by atoms with Gasteiger partial charge in [-0.3, -0.25) is 4.79 Å². The molecule has 0 spiro atoms. The van der Waals surface area contributed by atoms with E-state index in [1.54, 1.807) is 7.11 Å². The number of nitrogens with zero attached hydrogens (tertiary/aromatic N) is 1. The highest BCUT2D eigenvalue weighted by Gasteiger charge is 2.36. The van der Waals surface area contributed by atoms with Gasteiger partial charge >= 0.3 is 0 Å². The molecule has 24 heavy (non-hydrogen) atoms. The Morgan fingerprint density at radius 2 is 2.04 bits per heavy atom. The topological polar surface area (TPSA) is 50.8 Å². The number of likely N-dealkylation sites (tertiary alicyclic amines) is 1. The fraction of sp³-hybridized carbons (Fsp3) is 0.632. The SMILES string of the molecule is COc1ccc2c(c1)[C@@H](NC(=O)C1CCN(C)CC1)CC(C)(C)O2. The lowest BCUT2D eigenvalue weighted by Crippen LogP contribution is -2.44. The number of carbonyl (C=O) groups excluding carboxylic acids is 1. The second kappa shape index (κ2) is 6.63. The van der Waals surface area contributed by atoms with Gasteiger partial charge in [0.05, 0.1) is 13.2 Å². The van der Waals surface area contributed by atoms with E-state index in [0.29, 0.717) is 0 Å². The van der Waals surface area contributed by atoms with Crippen LogP contribution in [0.15, 0.2) is 18.2 Å². The summed E-state index contributed by atoms with van der Waals surface area (Å²) in [5, 5.41) is 3.27. The lowest BCUT2D eigenvalue weighted by molar-refractivity contribution is -0.127. The molecule has 1 aromatic rings. The van der Waals surface area contributed by atoms with Crippen LogP contribution in [-0.2, 0) is 4.79 Å². The summed E-state index contributed by atoms with van der Waals surface area (Å²) in [5.74, 6) is 1.90. The monoisotopic (exact) mass is 332 g/mol. The van der Waals surface area contributed by atoms with Gasteiger partial charge in [-0.15, -0.1) is 0 Å². The van der Waals surface area contributed by atoms with Gasteiger partial charge in [0.15, 0.2) is 0 Å². The number of hydrogen-bond acceptors (Lipinski definition) is 4. The van der Waals surface area contributed by atoms with Crippen LogP contribution in [0.5, 0.6) is 11.5 Å². The van der Waals surface area contributed by atoms with Crippen molar-refractivity contribution in [3.05, 3.63) is 23.8 Å². The summed E-state index contributed by atoms with van der Waals surface area (Å²) < 4.78 is 11.4. The number of amides is 1. The van der Waals surface area contributed by atoms with Gasteiger partial charge in [-0.05, 0) is 65.0 Å². The smallest absolute Gasteiger partial charge is 0.223 e. The molecule has 0 bridgehead atoms. The van der Waals surface area contributed by atoms with E-state index < -0.39 is 0 Å². The predicted octanol–water partition coefficient (Wildman–Crippen LogP) is 2.76. The molecule has 3 rings (SSSR count). The Morgan fingerprint density at radius 1 is 1.33 bits per heavy atom. The number of ether oxygens (including phenoxy) is 2. The first-order valence-electron chi connectivity index (χ1n) is 8.74. The zero-order chi connectivity index (χ0) is 17.3. The minimum Gasteiger partial charge on any atom is -0.497 e. The van der Waals surface area contributed by atoms with Crippen LogP contribution in [0.2, 0.25) is 0 Å². The van der Waals surface area contributed by atoms with Crippen molar-refractivity contribution in [2.24, 2.45) is 5.92 Å². The highest BCUT2D eigenvalue weighted by molar-refractivity contribution is 5.79. The first-order valence-corrected chi connectivity index (χ1v) is 8.74. The van der Waals surface area contributed by atoms with E-state index in [1.165, 1.54) is 0 Å².